The van der Waals surface area contributed by atoms with Crippen molar-refractivity contribution in [2.75, 3.05) is 6.61 Å². The average Bonchev–Trinajstić information content (AvgIpc) is 2.55. The number of rotatable bonds is 9. The molecular weight excluding hydrogens is 332 g/mol. The summed E-state index contributed by atoms with van der Waals surface area (Å²) in [4.78, 5) is 0.368. The predicted octanol–water partition coefficient (Wildman–Crippen LogP) is 4.85. The second-order valence-corrected chi connectivity index (χ2v) is 8.83. The van der Waals surface area contributed by atoms with Crippen molar-refractivity contribution >= 4 is 9.84 Å². The van der Waals surface area contributed by atoms with E-state index >= 15 is 0 Å². The molecule has 0 saturated carbocycles. The molecule has 0 amide bonds. The van der Waals surface area contributed by atoms with Crippen LogP contribution in [0.15, 0.2) is 70.2 Å². The summed E-state index contributed by atoms with van der Waals surface area (Å²) in [6, 6.07) is 8.64. The van der Waals surface area contributed by atoms with Gasteiger partial charge in [-0.05, 0) is 59.1 Å². The molecule has 0 aliphatic heterocycles. The van der Waals surface area contributed by atoms with Gasteiger partial charge in [-0.25, -0.2) is 8.42 Å². The Morgan fingerprint density at radius 3 is 2.24 bits per heavy atom. The number of sulfone groups is 1. The molecule has 0 aliphatic carbocycles. The molecule has 25 heavy (non-hydrogen) atoms. The van der Waals surface area contributed by atoms with Crippen LogP contribution in [0.4, 0.5) is 0 Å². The van der Waals surface area contributed by atoms with Crippen molar-refractivity contribution < 1.29 is 13.5 Å². The van der Waals surface area contributed by atoms with E-state index in [9.17, 15) is 8.42 Å². The van der Waals surface area contributed by atoms with Crippen molar-refractivity contribution in [2.24, 2.45) is 0 Å². The van der Waals surface area contributed by atoms with Crippen molar-refractivity contribution in [3.63, 3.8) is 0 Å². The molecule has 0 fully saturated rings. The highest BCUT2D eigenvalue weighted by molar-refractivity contribution is 7.92. The number of hydrogen-bond donors (Lipinski definition) is 1. The van der Waals surface area contributed by atoms with Gasteiger partial charge in [0.1, 0.15) is 0 Å². The lowest BCUT2D eigenvalue weighted by molar-refractivity contribution is 0.341. The quantitative estimate of drug-likeness (QED) is 0.639. The second kappa shape index (κ2) is 10.4. The Morgan fingerprint density at radius 2 is 1.68 bits per heavy atom. The fraction of sp³-hybridized carbons (Fsp3) is 0.429. The summed E-state index contributed by atoms with van der Waals surface area (Å²) in [5.41, 5.74) is 3.21. The van der Waals surface area contributed by atoms with Gasteiger partial charge in [-0.3, -0.25) is 0 Å². The molecule has 4 heteroatoms. The van der Waals surface area contributed by atoms with Gasteiger partial charge < -0.3 is 5.11 Å². The van der Waals surface area contributed by atoms with Gasteiger partial charge in [-0.15, -0.1) is 0 Å². The van der Waals surface area contributed by atoms with E-state index < -0.39 is 15.1 Å². The normalized spacial score (nSPS) is 14.3. The first-order valence-electron chi connectivity index (χ1n) is 8.63. The molecule has 0 aliphatic rings. The lowest BCUT2D eigenvalue weighted by Crippen LogP contribution is -2.20. The van der Waals surface area contributed by atoms with Crippen LogP contribution in [0.25, 0.3) is 0 Å². The molecule has 0 saturated heterocycles. The van der Waals surface area contributed by atoms with Gasteiger partial charge in [0, 0.05) is 0 Å². The summed E-state index contributed by atoms with van der Waals surface area (Å²) in [6.45, 7) is 7.89. The molecule has 0 radical (unpaired) electrons. The molecule has 1 unspecified atom stereocenters. The van der Waals surface area contributed by atoms with Crippen LogP contribution in [-0.4, -0.2) is 25.4 Å². The third kappa shape index (κ3) is 7.41. The number of benzene rings is 1. The molecule has 1 N–H and O–H groups in total. The van der Waals surface area contributed by atoms with Crippen molar-refractivity contribution in [3.05, 3.63) is 65.3 Å². The van der Waals surface area contributed by atoms with Crippen molar-refractivity contribution in [2.45, 2.75) is 57.1 Å². The maximum atomic E-state index is 13.0. The van der Waals surface area contributed by atoms with Gasteiger partial charge in [-0.2, -0.15) is 0 Å². The summed E-state index contributed by atoms with van der Waals surface area (Å²) in [5, 5.41) is 8.33. The Labute approximate surface area is 152 Å². The summed E-state index contributed by atoms with van der Waals surface area (Å²) >= 11 is 0. The largest absolute Gasteiger partial charge is 0.392 e. The molecule has 1 aromatic rings. The standard InChI is InChI=1S/C21H30O3S/c1-17(2)15-21(25(23,24)20-11-6-5-7-12-20)16-19(4)10-8-9-18(3)13-14-22/h5-7,10-13,15,21-22H,8-9,14,16H2,1-4H3/b18-13+,19-10+. The lowest BCUT2D eigenvalue weighted by atomic mass is 10.1. The number of hydrogen-bond acceptors (Lipinski definition) is 3. The number of aliphatic hydroxyl groups is 1. The summed E-state index contributed by atoms with van der Waals surface area (Å²) in [6.07, 6.45) is 7.95. The fourth-order valence-corrected chi connectivity index (χ4v) is 4.44. The topological polar surface area (TPSA) is 54.4 Å². The minimum Gasteiger partial charge on any atom is -0.392 e. The van der Waals surface area contributed by atoms with E-state index in [1.54, 1.807) is 30.3 Å². The SMILES string of the molecule is CC(C)=CC(C/C(C)=C/CC/C(C)=C/CO)S(=O)(=O)c1ccccc1. The minimum atomic E-state index is -3.40. The van der Waals surface area contributed by atoms with Crippen LogP contribution in [0.2, 0.25) is 0 Å². The maximum Gasteiger partial charge on any atom is 0.185 e. The molecule has 0 bridgehead atoms. The van der Waals surface area contributed by atoms with Crippen LogP contribution in [-0.2, 0) is 9.84 Å². The van der Waals surface area contributed by atoms with Crippen LogP contribution in [0.5, 0.6) is 0 Å². The van der Waals surface area contributed by atoms with Crippen molar-refractivity contribution in [1.29, 1.82) is 0 Å². The van der Waals surface area contributed by atoms with E-state index in [0.29, 0.717) is 11.3 Å². The van der Waals surface area contributed by atoms with Crippen LogP contribution in [0, 0.1) is 0 Å². The van der Waals surface area contributed by atoms with E-state index in [1.807, 2.05) is 39.8 Å². The van der Waals surface area contributed by atoms with E-state index in [0.717, 1.165) is 29.6 Å². The highest BCUT2D eigenvalue weighted by Crippen LogP contribution is 2.23. The van der Waals surface area contributed by atoms with Gasteiger partial charge in [0.05, 0.1) is 16.8 Å². The number of aliphatic hydroxyl groups excluding tert-OH is 1. The first-order chi connectivity index (χ1) is 11.8. The van der Waals surface area contributed by atoms with E-state index in [-0.39, 0.29) is 6.61 Å². The maximum absolute atomic E-state index is 13.0. The fourth-order valence-electron chi connectivity index (χ4n) is 2.62. The predicted molar refractivity (Wildman–Crippen MR) is 105 cm³/mol. The van der Waals surface area contributed by atoms with Gasteiger partial charge >= 0.3 is 0 Å². The third-order valence-electron chi connectivity index (χ3n) is 3.98. The molecule has 1 rings (SSSR count). The Balaban J connectivity index is 2.94. The first kappa shape index (κ1) is 21.4. The van der Waals surface area contributed by atoms with Crippen molar-refractivity contribution in [3.8, 4) is 0 Å². The monoisotopic (exact) mass is 362 g/mol. The van der Waals surface area contributed by atoms with E-state index in [2.05, 4.69) is 6.08 Å². The Hall–Kier alpha value is -1.65. The second-order valence-electron chi connectivity index (χ2n) is 6.67. The summed E-state index contributed by atoms with van der Waals surface area (Å²) < 4.78 is 25.9. The molecule has 0 aromatic heterocycles. The van der Waals surface area contributed by atoms with E-state index in [1.165, 1.54) is 0 Å². The smallest absolute Gasteiger partial charge is 0.185 e. The molecular formula is C21H30O3S. The number of allylic oxidation sites excluding steroid dienone is 4. The molecule has 0 spiro atoms. The van der Waals surface area contributed by atoms with Crippen molar-refractivity contribution in [1.82, 2.24) is 0 Å². The van der Waals surface area contributed by atoms with Crippen LogP contribution in [0.1, 0.15) is 47.0 Å². The zero-order valence-corrected chi connectivity index (χ0v) is 16.5. The van der Waals surface area contributed by atoms with Gasteiger partial charge in [0.25, 0.3) is 0 Å². The zero-order valence-electron chi connectivity index (χ0n) is 15.7. The third-order valence-corrected chi connectivity index (χ3v) is 6.01. The van der Waals surface area contributed by atoms with Crippen LogP contribution < -0.4 is 0 Å². The average molecular weight is 363 g/mol. The van der Waals surface area contributed by atoms with Gasteiger partial charge in [0.15, 0.2) is 9.84 Å². The molecule has 0 heterocycles. The minimum absolute atomic E-state index is 0.0620. The van der Waals surface area contributed by atoms with Gasteiger partial charge in [0.2, 0.25) is 0 Å². The van der Waals surface area contributed by atoms with Crippen LogP contribution >= 0.6 is 0 Å². The Kier molecular flexibility index (Phi) is 8.87. The van der Waals surface area contributed by atoms with Crippen LogP contribution in [0.3, 0.4) is 0 Å². The molecule has 1 atom stereocenters. The summed E-state index contributed by atoms with van der Waals surface area (Å²) in [5.74, 6) is 0. The Morgan fingerprint density at radius 1 is 1.04 bits per heavy atom. The molecule has 3 nitrogen and oxygen atoms in total. The molecule has 138 valence electrons. The highest BCUT2D eigenvalue weighted by Gasteiger charge is 2.25. The Bertz CT molecular complexity index is 722. The lowest BCUT2D eigenvalue weighted by Gasteiger charge is -2.16. The first-order valence-corrected chi connectivity index (χ1v) is 10.2. The zero-order chi connectivity index (χ0) is 18.9. The van der Waals surface area contributed by atoms with Gasteiger partial charge in [-0.1, -0.05) is 53.1 Å². The highest BCUT2D eigenvalue weighted by atomic mass is 32.2. The summed E-state index contributed by atoms with van der Waals surface area (Å²) in [7, 11) is -3.40. The molecule has 1 aromatic carbocycles. The van der Waals surface area contributed by atoms with E-state index in [4.69, 9.17) is 5.11 Å².